The van der Waals surface area contributed by atoms with Crippen LogP contribution in [0.1, 0.15) is 32.3 Å². The first-order valence-corrected chi connectivity index (χ1v) is 5.33. The van der Waals surface area contributed by atoms with Gasteiger partial charge in [0.1, 0.15) is 11.9 Å². The van der Waals surface area contributed by atoms with Crippen molar-refractivity contribution < 1.29 is 19.4 Å². The number of aryl methyl sites for hydroxylation is 1. The number of nitrogens with zero attached hydrogens (tertiary/aromatic N) is 1. The molecule has 0 aliphatic rings. The summed E-state index contributed by atoms with van der Waals surface area (Å²) in [5.74, 6) is -1.13. The van der Waals surface area contributed by atoms with Gasteiger partial charge in [-0.2, -0.15) is 0 Å². The van der Waals surface area contributed by atoms with Crippen LogP contribution < -0.4 is 0 Å². The van der Waals surface area contributed by atoms with E-state index in [4.69, 9.17) is 9.52 Å². The van der Waals surface area contributed by atoms with E-state index in [9.17, 15) is 9.90 Å². The first-order chi connectivity index (χ1) is 7.58. The third-order valence-electron chi connectivity index (χ3n) is 2.02. The minimum Gasteiger partial charge on any atom is -0.475 e. The molecule has 0 bridgehead atoms. The van der Waals surface area contributed by atoms with Crippen LogP contribution in [0.3, 0.4) is 0 Å². The molecule has 0 fully saturated rings. The lowest BCUT2D eigenvalue weighted by Gasteiger charge is -2.02. The number of thiazole rings is 1. The van der Waals surface area contributed by atoms with Gasteiger partial charge in [-0.15, -0.1) is 11.3 Å². The lowest BCUT2D eigenvalue weighted by molar-refractivity contribution is 0.0655. The van der Waals surface area contributed by atoms with Gasteiger partial charge in [0.2, 0.25) is 5.76 Å². The van der Waals surface area contributed by atoms with E-state index < -0.39 is 12.1 Å². The van der Waals surface area contributed by atoms with Gasteiger partial charge in [-0.05, 0) is 19.1 Å². The van der Waals surface area contributed by atoms with Gasteiger partial charge in [0.05, 0.1) is 9.88 Å². The summed E-state index contributed by atoms with van der Waals surface area (Å²) < 4.78 is 5.00. The molecular weight excluding hydrogens is 230 g/mol. The van der Waals surface area contributed by atoms with Crippen LogP contribution in [0.5, 0.6) is 0 Å². The van der Waals surface area contributed by atoms with Gasteiger partial charge in [0.15, 0.2) is 0 Å². The number of aliphatic hydroxyl groups excluding tert-OH is 1. The number of carboxylic acid groups (broad SMARTS) is 1. The number of hydrogen-bond donors (Lipinski definition) is 2. The molecule has 0 aliphatic carbocycles. The van der Waals surface area contributed by atoms with E-state index in [0.29, 0.717) is 4.88 Å². The molecular formula is C10H9NO4S. The molecule has 0 radical (unpaired) electrons. The van der Waals surface area contributed by atoms with Crippen molar-refractivity contribution in [2.24, 2.45) is 0 Å². The molecule has 0 aliphatic heterocycles. The fourth-order valence-electron chi connectivity index (χ4n) is 1.26. The molecule has 16 heavy (non-hydrogen) atoms. The molecule has 2 aromatic heterocycles. The van der Waals surface area contributed by atoms with Gasteiger partial charge in [0, 0.05) is 6.20 Å². The highest BCUT2D eigenvalue weighted by Crippen LogP contribution is 2.27. The Labute approximate surface area is 95.0 Å². The molecule has 5 nitrogen and oxygen atoms in total. The molecule has 2 rings (SSSR count). The van der Waals surface area contributed by atoms with E-state index >= 15 is 0 Å². The number of rotatable bonds is 3. The number of aromatic carboxylic acids is 1. The van der Waals surface area contributed by atoms with Crippen molar-refractivity contribution in [1.29, 1.82) is 0 Å². The molecule has 2 aromatic rings. The normalized spacial score (nSPS) is 12.6. The maximum atomic E-state index is 10.6. The summed E-state index contributed by atoms with van der Waals surface area (Å²) in [6.45, 7) is 1.83. The van der Waals surface area contributed by atoms with Gasteiger partial charge in [-0.3, -0.25) is 0 Å². The van der Waals surface area contributed by atoms with Crippen molar-refractivity contribution in [1.82, 2.24) is 4.98 Å². The van der Waals surface area contributed by atoms with Gasteiger partial charge >= 0.3 is 5.97 Å². The molecule has 0 amide bonds. The minimum atomic E-state index is -1.15. The van der Waals surface area contributed by atoms with Crippen molar-refractivity contribution in [3.63, 3.8) is 0 Å². The van der Waals surface area contributed by atoms with Crippen molar-refractivity contribution in [2.75, 3.05) is 0 Å². The number of furan rings is 1. The number of aliphatic hydroxyl groups is 1. The summed E-state index contributed by atoms with van der Waals surface area (Å²) in [5.41, 5.74) is 0. The predicted molar refractivity (Wildman–Crippen MR) is 56.6 cm³/mol. The van der Waals surface area contributed by atoms with E-state index in [2.05, 4.69) is 4.98 Å². The second-order valence-corrected chi connectivity index (χ2v) is 4.46. The Morgan fingerprint density at radius 1 is 1.56 bits per heavy atom. The largest absolute Gasteiger partial charge is 0.475 e. The monoisotopic (exact) mass is 239 g/mol. The van der Waals surface area contributed by atoms with Crippen LogP contribution in [0.15, 0.2) is 22.7 Å². The van der Waals surface area contributed by atoms with Gasteiger partial charge in [-0.1, -0.05) is 0 Å². The van der Waals surface area contributed by atoms with E-state index in [0.717, 1.165) is 5.01 Å². The zero-order chi connectivity index (χ0) is 11.7. The second-order valence-electron chi connectivity index (χ2n) is 3.19. The second kappa shape index (κ2) is 4.07. The summed E-state index contributed by atoms with van der Waals surface area (Å²) in [5, 5.41) is 19.4. The fraction of sp³-hybridized carbons (Fsp3) is 0.200. The van der Waals surface area contributed by atoms with E-state index in [1.54, 1.807) is 6.20 Å². The van der Waals surface area contributed by atoms with Gasteiger partial charge in [-0.25, -0.2) is 9.78 Å². The van der Waals surface area contributed by atoms with Crippen molar-refractivity contribution in [3.8, 4) is 0 Å². The Bertz CT molecular complexity index is 516. The van der Waals surface area contributed by atoms with Crippen LogP contribution >= 0.6 is 11.3 Å². The smallest absolute Gasteiger partial charge is 0.371 e. The standard InChI is InChI=1S/C10H9NO4S/c1-5-11-4-8(16-5)9(12)6-2-3-7(15-6)10(13)14/h2-4,9,12H,1H3,(H,13,14). The van der Waals surface area contributed by atoms with Crippen LogP contribution in [0.25, 0.3) is 0 Å². The predicted octanol–water partition coefficient (Wildman–Crippen LogP) is 1.82. The summed E-state index contributed by atoms with van der Waals surface area (Å²) in [7, 11) is 0. The molecule has 1 atom stereocenters. The molecule has 84 valence electrons. The molecule has 2 heterocycles. The number of carboxylic acids is 1. The Morgan fingerprint density at radius 3 is 2.81 bits per heavy atom. The molecule has 2 N–H and O–H groups in total. The SMILES string of the molecule is Cc1ncc(C(O)c2ccc(C(=O)O)o2)s1. The first-order valence-electron chi connectivity index (χ1n) is 4.51. The highest BCUT2D eigenvalue weighted by Gasteiger charge is 2.18. The quantitative estimate of drug-likeness (QED) is 0.853. The molecule has 1 unspecified atom stereocenters. The molecule has 0 saturated heterocycles. The van der Waals surface area contributed by atoms with E-state index in [-0.39, 0.29) is 11.5 Å². The summed E-state index contributed by atoms with van der Waals surface area (Å²) in [6, 6.07) is 2.76. The maximum absolute atomic E-state index is 10.6. The van der Waals surface area contributed by atoms with Crippen molar-refractivity contribution >= 4 is 17.3 Å². The number of aromatic nitrogens is 1. The topological polar surface area (TPSA) is 83.6 Å². The van der Waals surface area contributed by atoms with Crippen LogP contribution in [0, 0.1) is 6.92 Å². The lowest BCUT2D eigenvalue weighted by Crippen LogP contribution is -1.96. The Hall–Kier alpha value is -1.66. The molecule has 6 heteroatoms. The zero-order valence-corrected chi connectivity index (χ0v) is 9.19. The van der Waals surface area contributed by atoms with Gasteiger partial charge in [0.25, 0.3) is 0 Å². The minimum absolute atomic E-state index is 0.185. The molecule has 0 spiro atoms. The molecule has 0 aromatic carbocycles. The van der Waals surface area contributed by atoms with E-state index in [1.807, 2.05) is 6.92 Å². The number of hydrogen-bond acceptors (Lipinski definition) is 5. The Morgan fingerprint density at radius 2 is 2.31 bits per heavy atom. The first kappa shape index (κ1) is 10.8. The van der Waals surface area contributed by atoms with Crippen LogP contribution in [-0.4, -0.2) is 21.2 Å². The summed E-state index contributed by atoms with van der Waals surface area (Å²) in [6.07, 6.45) is 0.590. The Kier molecular flexibility index (Phi) is 2.76. The zero-order valence-electron chi connectivity index (χ0n) is 8.38. The summed E-state index contributed by atoms with van der Waals surface area (Å²) >= 11 is 1.34. The van der Waals surface area contributed by atoms with Gasteiger partial charge < -0.3 is 14.6 Å². The average Bonchev–Trinajstić information content (AvgIpc) is 2.84. The average molecular weight is 239 g/mol. The third kappa shape index (κ3) is 1.98. The van der Waals surface area contributed by atoms with Crippen molar-refractivity contribution in [3.05, 3.63) is 39.7 Å². The lowest BCUT2D eigenvalue weighted by atomic mass is 10.2. The van der Waals surface area contributed by atoms with Crippen LogP contribution in [-0.2, 0) is 0 Å². The highest BCUT2D eigenvalue weighted by molar-refractivity contribution is 7.11. The van der Waals surface area contributed by atoms with Crippen molar-refractivity contribution in [2.45, 2.75) is 13.0 Å². The summed E-state index contributed by atoms with van der Waals surface area (Å²) in [4.78, 5) is 15.2. The third-order valence-corrected chi connectivity index (χ3v) is 2.98. The maximum Gasteiger partial charge on any atom is 0.371 e. The highest BCUT2D eigenvalue weighted by atomic mass is 32.1. The Balaban J connectivity index is 2.26. The van der Waals surface area contributed by atoms with Crippen LogP contribution in [0.4, 0.5) is 0 Å². The van der Waals surface area contributed by atoms with Crippen LogP contribution in [0.2, 0.25) is 0 Å². The molecule has 0 saturated carbocycles. The fourth-order valence-corrected chi connectivity index (χ4v) is 2.04. The number of carbonyl (C=O) groups is 1. The van der Waals surface area contributed by atoms with E-state index in [1.165, 1.54) is 23.5 Å².